The molecule has 1 aliphatic heterocycles. The van der Waals surface area contributed by atoms with E-state index in [1.807, 2.05) is 35.2 Å². The first-order chi connectivity index (χ1) is 18.5. The normalized spacial score (nSPS) is 14.3. The summed E-state index contributed by atoms with van der Waals surface area (Å²) >= 11 is 0. The number of piperazine rings is 1. The van der Waals surface area contributed by atoms with Gasteiger partial charge in [0, 0.05) is 50.4 Å². The zero-order valence-electron chi connectivity index (χ0n) is 20.4. The van der Waals surface area contributed by atoms with Gasteiger partial charge < -0.3 is 19.8 Å². The quantitative estimate of drug-likeness (QED) is 0.345. The van der Waals surface area contributed by atoms with Gasteiger partial charge in [-0.3, -0.25) is 4.90 Å². The van der Waals surface area contributed by atoms with Crippen LogP contribution in [0.4, 0.5) is 20.4 Å². The molecule has 0 saturated carbocycles. The monoisotopic (exact) mass is 517 g/mol. The first-order valence-corrected chi connectivity index (χ1v) is 12.3. The summed E-state index contributed by atoms with van der Waals surface area (Å²) in [6, 6.07) is 16.7. The van der Waals surface area contributed by atoms with Crippen molar-refractivity contribution < 1.29 is 17.9 Å². The predicted octanol–water partition coefficient (Wildman–Crippen LogP) is 4.11. The van der Waals surface area contributed by atoms with Crippen molar-refractivity contribution in [3.63, 3.8) is 0 Å². The fraction of sp³-hybridized carbons (Fsp3) is 0.222. The Kier molecular flexibility index (Phi) is 6.34. The summed E-state index contributed by atoms with van der Waals surface area (Å²) in [5, 5.41) is 4.38. The van der Waals surface area contributed by atoms with Gasteiger partial charge in [0.1, 0.15) is 24.0 Å². The lowest BCUT2D eigenvalue weighted by Crippen LogP contribution is -2.47. The molecule has 9 nitrogen and oxygen atoms in total. The Labute approximate surface area is 217 Å². The standard InChI is InChI=1S/C27H25F2N7O2/c28-19-6-7-23(21(29)16-19)35-10-8-34(9-11-35)12-14-37-20-4-1-3-18(15-20)22-17-25-32-26(24-5-2-13-38-24)33-36(25)27(30)31-22/h1-7,13,15-17H,8-12,14H2,(H2,30,31). The largest absolute Gasteiger partial charge is 0.492 e. The number of aromatic nitrogens is 4. The summed E-state index contributed by atoms with van der Waals surface area (Å²) in [5.74, 6) is 0.819. The van der Waals surface area contributed by atoms with E-state index in [2.05, 4.69) is 20.0 Å². The number of benzene rings is 2. The van der Waals surface area contributed by atoms with Gasteiger partial charge in [0.2, 0.25) is 11.8 Å². The highest BCUT2D eigenvalue weighted by atomic mass is 19.1. The molecule has 0 amide bonds. The van der Waals surface area contributed by atoms with Crippen LogP contribution in [0.1, 0.15) is 0 Å². The van der Waals surface area contributed by atoms with Crippen LogP contribution in [0.15, 0.2) is 71.3 Å². The fourth-order valence-electron chi connectivity index (χ4n) is 4.56. The SMILES string of the molecule is Nc1nc(-c2cccc(OCCN3CCN(c4ccc(F)cc4F)CC3)c2)cc2nc(-c3ccco3)nn12. The number of halogens is 2. The number of nitrogens with zero attached hydrogens (tertiary/aromatic N) is 6. The first-order valence-electron chi connectivity index (χ1n) is 12.3. The molecule has 194 valence electrons. The molecule has 0 radical (unpaired) electrons. The summed E-state index contributed by atoms with van der Waals surface area (Å²) < 4.78 is 40.2. The highest BCUT2D eigenvalue weighted by Crippen LogP contribution is 2.26. The molecule has 11 heteroatoms. The van der Waals surface area contributed by atoms with Gasteiger partial charge in [0.25, 0.3) is 0 Å². The number of fused-ring (bicyclic) bond motifs is 1. The van der Waals surface area contributed by atoms with Crippen molar-refractivity contribution in [1.29, 1.82) is 0 Å². The molecular formula is C27H25F2N7O2. The number of hydrogen-bond donors (Lipinski definition) is 1. The van der Waals surface area contributed by atoms with Crippen LogP contribution in [0, 0.1) is 11.6 Å². The fourth-order valence-corrected chi connectivity index (χ4v) is 4.56. The number of nitrogen functional groups attached to an aromatic ring is 1. The lowest BCUT2D eigenvalue weighted by atomic mass is 10.1. The molecule has 1 saturated heterocycles. The van der Waals surface area contributed by atoms with Gasteiger partial charge in [0.15, 0.2) is 11.4 Å². The third-order valence-electron chi connectivity index (χ3n) is 6.52. The summed E-state index contributed by atoms with van der Waals surface area (Å²) in [6.45, 7) is 4.09. The molecule has 0 spiro atoms. The van der Waals surface area contributed by atoms with E-state index in [1.165, 1.54) is 16.6 Å². The molecule has 0 atom stereocenters. The van der Waals surface area contributed by atoms with Crippen LogP contribution in [0.25, 0.3) is 28.5 Å². The van der Waals surface area contributed by atoms with Gasteiger partial charge in [-0.05, 0) is 36.4 Å². The number of ether oxygens (including phenoxy) is 1. The Bertz CT molecular complexity index is 1560. The van der Waals surface area contributed by atoms with Crippen LogP contribution in [0.3, 0.4) is 0 Å². The lowest BCUT2D eigenvalue weighted by Gasteiger charge is -2.36. The summed E-state index contributed by atoms with van der Waals surface area (Å²) in [5.41, 5.74) is 8.66. The Morgan fingerprint density at radius 1 is 0.947 bits per heavy atom. The first kappa shape index (κ1) is 23.9. The maximum Gasteiger partial charge on any atom is 0.223 e. The highest BCUT2D eigenvalue weighted by molar-refractivity contribution is 5.67. The van der Waals surface area contributed by atoms with E-state index in [9.17, 15) is 8.78 Å². The third-order valence-corrected chi connectivity index (χ3v) is 6.52. The molecule has 4 heterocycles. The van der Waals surface area contributed by atoms with Gasteiger partial charge in [-0.1, -0.05) is 12.1 Å². The van der Waals surface area contributed by atoms with Gasteiger partial charge in [0.05, 0.1) is 17.6 Å². The van der Waals surface area contributed by atoms with Crippen LogP contribution < -0.4 is 15.4 Å². The second-order valence-electron chi connectivity index (χ2n) is 8.98. The highest BCUT2D eigenvalue weighted by Gasteiger charge is 2.20. The molecule has 3 aromatic heterocycles. The van der Waals surface area contributed by atoms with Gasteiger partial charge >= 0.3 is 0 Å². The van der Waals surface area contributed by atoms with E-state index in [1.54, 1.807) is 18.4 Å². The van der Waals surface area contributed by atoms with Crippen molar-refractivity contribution >= 4 is 17.3 Å². The molecule has 38 heavy (non-hydrogen) atoms. The van der Waals surface area contributed by atoms with Crippen molar-refractivity contribution in [2.75, 3.05) is 50.0 Å². The Morgan fingerprint density at radius 3 is 2.61 bits per heavy atom. The molecule has 1 aliphatic rings. The molecule has 6 rings (SSSR count). The van der Waals surface area contributed by atoms with Crippen LogP contribution in [-0.2, 0) is 0 Å². The zero-order valence-corrected chi connectivity index (χ0v) is 20.4. The van der Waals surface area contributed by atoms with Crippen molar-refractivity contribution in [2.45, 2.75) is 0 Å². The van der Waals surface area contributed by atoms with E-state index in [0.717, 1.165) is 31.3 Å². The minimum atomic E-state index is -0.566. The lowest BCUT2D eigenvalue weighted by molar-refractivity contribution is 0.200. The van der Waals surface area contributed by atoms with Crippen molar-refractivity contribution in [1.82, 2.24) is 24.5 Å². The van der Waals surface area contributed by atoms with Gasteiger partial charge in [-0.15, -0.1) is 5.10 Å². The smallest absolute Gasteiger partial charge is 0.223 e. The van der Waals surface area contributed by atoms with Crippen LogP contribution in [0.5, 0.6) is 5.75 Å². The molecule has 0 unspecified atom stereocenters. The average molecular weight is 518 g/mol. The second kappa shape index (κ2) is 10.1. The van der Waals surface area contributed by atoms with Gasteiger partial charge in [-0.25, -0.2) is 18.7 Å². The topological polar surface area (TPSA) is 98.0 Å². The maximum atomic E-state index is 14.1. The molecule has 5 aromatic rings. The number of anilines is 2. The van der Waals surface area contributed by atoms with Crippen molar-refractivity contribution in [3.05, 3.63) is 78.6 Å². The molecule has 0 aliphatic carbocycles. The number of nitrogens with two attached hydrogens (primary N) is 1. The summed E-state index contributed by atoms with van der Waals surface area (Å²) in [6.07, 6.45) is 1.56. The summed E-state index contributed by atoms with van der Waals surface area (Å²) in [4.78, 5) is 13.2. The van der Waals surface area contributed by atoms with Crippen LogP contribution in [0.2, 0.25) is 0 Å². The number of rotatable bonds is 7. The van der Waals surface area contributed by atoms with Crippen LogP contribution >= 0.6 is 0 Å². The molecule has 1 fully saturated rings. The zero-order chi connectivity index (χ0) is 26.1. The van der Waals surface area contributed by atoms with E-state index >= 15 is 0 Å². The third kappa shape index (κ3) is 4.88. The Hall–Kier alpha value is -4.51. The van der Waals surface area contributed by atoms with E-state index in [0.29, 0.717) is 54.1 Å². The number of furan rings is 1. The maximum absolute atomic E-state index is 14.1. The van der Waals surface area contributed by atoms with Gasteiger partial charge in [-0.2, -0.15) is 4.52 Å². The van der Waals surface area contributed by atoms with E-state index in [4.69, 9.17) is 14.9 Å². The molecule has 2 N–H and O–H groups in total. The minimum absolute atomic E-state index is 0.216. The van der Waals surface area contributed by atoms with Crippen molar-refractivity contribution in [3.8, 4) is 28.6 Å². The average Bonchev–Trinajstić information content (AvgIpc) is 3.60. The minimum Gasteiger partial charge on any atom is -0.492 e. The van der Waals surface area contributed by atoms with E-state index in [-0.39, 0.29) is 5.95 Å². The van der Waals surface area contributed by atoms with Crippen molar-refractivity contribution in [2.24, 2.45) is 0 Å². The van der Waals surface area contributed by atoms with E-state index < -0.39 is 11.6 Å². The molecule has 0 bridgehead atoms. The Morgan fingerprint density at radius 2 is 1.82 bits per heavy atom. The Balaban J connectivity index is 1.07. The predicted molar refractivity (Wildman–Crippen MR) is 139 cm³/mol. The summed E-state index contributed by atoms with van der Waals surface area (Å²) in [7, 11) is 0. The second-order valence-corrected chi connectivity index (χ2v) is 8.98. The molecular weight excluding hydrogens is 492 g/mol. The molecule has 2 aromatic carbocycles. The van der Waals surface area contributed by atoms with Crippen LogP contribution in [-0.4, -0.2) is 63.8 Å². The number of hydrogen-bond acceptors (Lipinski definition) is 8.